The van der Waals surface area contributed by atoms with Crippen LogP contribution in [0.15, 0.2) is 30.3 Å². The van der Waals surface area contributed by atoms with Crippen molar-refractivity contribution in [1.82, 2.24) is 0 Å². The number of thiophene rings is 1. The minimum absolute atomic E-state index is 0.182. The number of nitrogens with one attached hydrogen (secondary N) is 1. The third-order valence-electron chi connectivity index (χ3n) is 3.38. The summed E-state index contributed by atoms with van der Waals surface area (Å²) in [5.74, 6) is 0.111. The van der Waals surface area contributed by atoms with Crippen LogP contribution in [0.4, 0.5) is 5.00 Å². The average Bonchev–Trinajstić information content (AvgIpc) is 2.98. The Balaban J connectivity index is 2.12. The largest absolute Gasteiger partial charge is 0.497 e. The summed E-state index contributed by atoms with van der Waals surface area (Å²) in [4.78, 5) is 25.4. The molecule has 1 amide bonds. The van der Waals surface area contributed by atoms with Crippen molar-refractivity contribution >= 4 is 28.2 Å². The van der Waals surface area contributed by atoms with Crippen LogP contribution in [0.25, 0.3) is 0 Å². The van der Waals surface area contributed by atoms with Crippen LogP contribution in [0.1, 0.15) is 34.6 Å². The first kappa shape index (κ1) is 18.0. The Bertz CT molecular complexity index is 724. The summed E-state index contributed by atoms with van der Waals surface area (Å²) in [6, 6.07) is 9.13. The zero-order chi connectivity index (χ0) is 17.5. The topological polar surface area (TPSA) is 64.6 Å². The summed E-state index contributed by atoms with van der Waals surface area (Å²) in [5, 5.41) is 3.37. The maximum absolute atomic E-state index is 12.3. The van der Waals surface area contributed by atoms with Gasteiger partial charge in [-0.2, -0.15) is 0 Å². The number of esters is 1. The third-order valence-corrected chi connectivity index (χ3v) is 4.57. The van der Waals surface area contributed by atoms with Gasteiger partial charge in [0.1, 0.15) is 10.8 Å². The molecule has 0 aliphatic heterocycles. The van der Waals surface area contributed by atoms with Gasteiger partial charge in [-0.3, -0.25) is 4.79 Å². The van der Waals surface area contributed by atoms with Crippen LogP contribution < -0.4 is 10.1 Å². The van der Waals surface area contributed by atoms with E-state index in [-0.39, 0.29) is 12.3 Å². The lowest BCUT2D eigenvalue weighted by atomic mass is 10.1. The van der Waals surface area contributed by atoms with Crippen molar-refractivity contribution in [2.75, 3.05) is 19.0 Å². The highest BCUT2D eigenvalue weighted by molar-refractivity contribution is 7.16. The molecule has 6 heteroatoms. The summed E-state index contributed by atoms with van der Waals surface area (Å²) < 4.78 is 10.2. The number of hydrogen-bond donors (Lipinski definition) is 1. The maximum atomic E-state index is 12.3. The van der Waals surface area contributed by atoms with Crippen molar-refractivity contribution in [3.05, 3.63) is 46.3 Å². The molecule has 0 bridgehead atoms. The fraction of sp³-hybridized carbons (Fsp3) is 0.333. The van der Waals surface area contributed by atoms with E-state index in [2.05, 4.69) is 5.32 Å². The molecule has 1 N–H and O–H groups in total. The molecule has 1 heterocycles. The molecule has 0 unspecified atom stereocenters. The van der Waals surface area contributed by atoms with Gasteiger partial charge in [0.15, 0.2) is 0 Å². The highest BCUT2D eigenvalue weighted by Crippen LogP contribution is 2.29. The first-order chi connectivity index (χ1) is 11.6. The van der Waals surface area contributed by atoms with Gasteiger partial charge in [-0.15, -0.1) is 11.3 Å². The molecule has 1 aromatic heterocycles. The van der Waals surface area contributed by atoms with E-state index >= 15 is 0 Å². The van der Waals surface area contributed by atoms with Gasteiger partial charge >= 0.3 is 5.97 Å². The smallest absolute Gasteiger partial charge is 0.341 e. The third kappa shape index (κ3) is 4.58. The number of aryl methyl sites for hydroxylation is 1. The maximum Gasteiger partial charge on any atom is 0.341 e. The molecule has 0 saturated carbocycles. The van der Waals surface area contributed by atoms with Crippen LogP contribution >= 0.6 is 11.3 Å². The van der Waals surface area contributed by atoms with Gasteiger partial charge in [0.25, 0.3) is 0 Å². The van der Waals surface area contributed by atoms with E-state index in [0.29, 0.717) is 22.9 Å². The molecule has 0 radical (unpaired) electrons. The fourth-order valence-electron chi connectivity index (χ4n) is 2.21. The minimum atomic E-state index is -0.412. The Hall–Kier alpha value is -2.34. The first-order valence-electron chi connectivity index (χ1n) is 7.80. The second-order valence-corrected chi connectivity index (χ2v) is 6.24. The first-order valence-corrected chi connectivity index (χ1v) is 8.61. The Morgan fingerprint density at radius 3 is 2.67 bits per heavy atom. The summed E-state index contributed by atoms with van der Waals surface area (Å²) >= 11 is 1.40. The Morgan fingerprint density at radius 2 is 2.00 bits per heavy atom. The number of rotatable bonds is 7. The van der Waals surface area contributed by atoms with E-state index in [4.69, 9.17) is 9.47 Å². The van der Waals surface area contributed by atoms with E-state index in [1.165, 1.54) is 11.3 Å². The molecule has 0 aliphatic carbocycles. The lowest BCUT2D eigenvalue weighted by molar-refractivity contribution is -0.115. The molecule has 5 nitrogen and oxygen atoms in total. The van der Waals surface area contributed by atoms with E-state index in [1.54, 1.807) is 20.1 Å². The fourth-order valence-corrected chi connectivity index (χ4v) is 3.21. The molecule has 0 fully saturated rings. The summed E-state index contributed by atoms with van der Waals surface area (Å²) in [6.07, 6.45) is 1.00. The van der Waals surface area contributed by atoms with E-state index in [9.17, 15) is 9.59 Å². The number of carbonyl (C=O) groups excluding carboxylic acids is 2. The van der Waals surface area contributed by atoms with Crippen molar-refractivity contribution in [3.8, 4) is 5.75 Å². The number of methoxy groups -OCH3 is 1. The quantitative estimate of drug-likeness (QED) is 0.776. The van der Waals surface area contributed by atoms with Gasteiger partial charge < -0.3 is 14.8 Å². The Labute approximate surface area is 145 Å². The predicted octanol–water partition coefficient (Wildman–Crippen LogP) is 3.68. The van der Waals surface area contributed by atoms with E-state index in [1.807, 2.05) is 31.2 Å². The average molecular weight is 347 g/mol. The van der Waals surface area contributed by atoms with Crippen molar-refractivity contribution in [2.45, 2.75) is 26.7 Å². The monoisotopic (exact) mass is 347 g/mol. The Morgan fingerprint density at radius 1 is 1.21 bits per heavy atom. The lowest BCUT2D eigenvalue weighted by Gasteiger charge is -2.07. The predicted molar refractivity (Wildman–Crippen MR) is 95.0 cm³/mol. The van der Waals surface area contributed by atoms with E-state index < -0.39 is 5.97 Å². The van der Waals surface area contributed by atoms with Gasteiger partial charge in [-0.05, 0) is 37.1 Å². The highest BCUT2D eigenvalue weighted by atomic mass is 32.1. The van der Waals surface area contributed by atoms with Crippen LogP contribution in [-0.4, -0.2) is 25.6 Å². The Kier molecular flexibility index (Phi) is 6.37. The molecular weight excluding hydrogens is 326 g/mol. The number of ether oxygens (including phenoxy) is 2. The van der Waals surface area contributed by atoms with Crippen molar-refractivity contribution < 1.29 is 19.1 Å². The summed E-state index contributed by atoms with van der Waals surface area (Å²) in [6.45, 7) is 4.06. The summed E-state index contributed by atoms with van der Waals surface area (Å²) in [7, 11) is 1.59. The highest BCUT2D eigenvalue weighted by Gasteiger charge is 2.18. The van der Waals surface area contributed by atoms with Crippen molar-refractivity contribution in [2.24, 2.45) is 0 Å². The molecule has 24 heavy (non-hydrogen) atoms. The zero-order valence-corrected chi connectivity index (χ0v) is 14.9. The normalized spacial score (nSPS) is 10.3. The number of carbonyl (C=O) groups is 2. The van der Waals surface area contributed by atoms with Crippen LogP contribution in [0.2, 0.25) is 0 Å². The van der Waals surface area contributed by atoms with Gasteiger partial charge in [0, 0.05) is 4.88 Å². The van der Waals surface area contributed by atoms with Crippen LogP contribution in [0, 0.1) is 0 Å². The SMILES string of the molecule is CCOC(=O)c1cc(CC)sc1NC(=O)Cc1cccc(OC)c1. The lowest BCUT2D eigenvalue weighted by Crippen LogP contribution is -2.16. The minimum Gasteiger partial charge on any atom is -0.497 e. The van der Waals surface area contributed by atoms with Gasteiger partial charge in [-0.1, -0.05) is 19.1 Å². The second kappa shape index (κ2) is 8.49. The van der Waals surface area contributed by atoms with Crippen LogP contribution in [-0.2, 0) is 22.4 Å². The van der Waals surface area contributed by atoms with E-state index in [0.717, 1.165) is 16.9 Å². The molecule has 128 valence electrons. The number of anilines is 1. The molecule has 2 rings (SSSR count). The van der Waals surface area contributed by atoms with Crippen LogP contribution in [0.3, 0.4) is 0 Å². The molecule has 2 aromatic rings. The molecular formula is C18H21NO4S. The number of benzene rings is 1. The number of hydrogen-bond acceptors (Lipinski definition) is 5. The van der Waals surface area contributed by atoms with Gasteiger partial charge in [-0.25, -0.2) is 4.79 Å². The van der Waals surface area contributed by atoms with Gasteiger partial charge in [0.2, 0.25) is 5.91 Å². The zero-order valence-electron chi connectivity index (χ0n) is 14.0. The molecule has 0 saturated heterocycles. The molecule has 1 aromatic carbocycles. The molecule has 0 atom stereocenters. The molecule has 0 aliphatic rings. The van der Waals surface area contributed by atoms with Gasteiger partial charge in [0.05, 0.1) is 25.7 Å². The number of amides is 1. The second-order valence-electron chi connectivity index (χ2n) is 5.11. The standard InChI is InChI=1S/C18H21NO4S/c1-4-14-11-15(18(21)23-5-2)17(24-14)19-16(20)10-12-7-6-8-13(9-12)22-3/h6-9,11H,4-5,10H2,1-3H3,(H,19,20). The van der Waals surface area contributed by atoms with Crippen molar-refractivity contribution in [1.29, 1.82) is 0 Å². The summed E-state index contributed by atoms with van der Waals surface area (Å²) in [5.41, 5.74) is 1.26. The van der Waals surface area contributed by atoms with Crippen molar-refractivity contribution in [3.63, 3.8) is 0 Å². The molecule has 0 spiro atoms. The van der Waals surface area contributed by atoms with Crippen LogP contribution in [0.5, 0.6) is 5.75 Å².